The molecule has 1 amide bonds. The van der Waals surface area contributed by atoms with Crippen LogP contribution in [0.15, 0.2) is 84.0 Å². The van der Waals surface area contributed by atoms with Gasteiger partial charge in [-0.05, 0) is 42.0 Å². The largest absolute Gasteiger partial charge is 0.488 e. The molecule has 0 saturated heterocycles. The first-order chi connectivity index (χ1) is 14.1. The van der Waals surface area contributed by atoms with E-state index in [1.807, 2.05) is 36.4 Å². The lowest BCUT2D eigenvalue weighted by Crippen LogP contribution is -2.20. The monoisotopic (exact) mass is 393 g/mol. The fraction of sp³-hybridized carbons (Fsp3) is 0.0909. The molecule has 0 spiro atoms. The Bertz CT molecular complexity index is 976. The normalized spacial score (nSPS) is 11.0. The van der Waals surface area contributed by atoms with E-state index in [9.17, 15) is 9.18 Å². The van der Waals surface area contributed by atoms with Gasteiger partial charge in [0.15, 0.2) is 12.4 Å². The minimum Gasteiger partial charge on any atom is -0.488 e. The van der Waals surface area contributed by atoms with Gasteiger partial charge >= 0.3 is 0 Å². The van der Waals surface area contributed by atoms with Gasteiger partial charge in [-0.3, -0.25) is 4.79 Å². The van der Waals surface area contributed by atoms with E-state index in [0.717, 1.165) is 5.56 Å². The smallest absolute Gasteiger partial charge is 0.265 e. The molecule has 29 heavy (non-hydrogen) atoms. The number of ether oxygens (including phenoxy) is 1. The van der Waals surface area contributed by atoms with Crippen molar-refractivity contribution in [3.8, 4) is 5.75 Å². The number of amides is 1. The van der Waals surface area contributed by atoms with Gasteiger partial charge < -0.3 is 20.6 Å². The van der Waals surface area contributed by atoms with Gasteiger partial charge in [-0.15, -0.1) is 0 Å². The summed E-state index contributed by atoms with van der Waals surface area (Å²) in [5.74, 6) is -0.188. The molecule has 0 bridgehead atoms. The van der Waals surface area contributed by atoms with Gasteiger partial charge in [-0.1, -0.05) is 47.6 Å². The van der Waals surface area contributed by atoms with Crippen LogP contribution in [0.25, 0.3) is 0 Å². The molecule has 0 aromatic heterocycles. The lowest BCUT2D eigenvalue weighted by Gasteiger charge is -2.11. The van der Waals surface area contributed by atoms with Crippen LogP contribution in [-0.2, 0) is 16.2 Å². The SMILES string of the molecule is N/C(=N\OCC(=O)Nc1ccc(F)cc1)c1ccccc1OCc1ccccc1. The summed E-state index contributed by atoms with van der Waals surface area (Å²) in [6, 6.07) is 22.3. The molecule has 3 N–H and O–H groups in total. The average Bonchev–Trinajstić information content (AvgIpc) is 2.75. The molecule has 0 aliphatic rings. The van der Waals surface area contributed by atoms with Crippen LogP contribution in [0, 0.1) is 5.82 Å². The third kappa shape index (κ3) is 6.07. The molecule has 0 radical (unpaired) electrons. The summed E-state index contributed by atoms with van der Waals surface area (Å²) in [6.07, 6.45) is 0. The van der Waals surface area contributed by atoms with Crippen molar-refractivity contribution in [3.05, 3.63) is 95.8 Å². The Balaban J connectivity index is 1.56. The van der Waals surface area contributed by atoms with Crippen LogP contribution in [0.5, 0.6) is 5.75 Å². The van der Waals surface area contributed by atoms with Crippen LogP contribution >= 0.6 is 0 Å². The van der Waals surface area contributed by atoms with E-state index in [1.165, 1.54) is 24.3 Å². The molecule has 0 aliphatic heterocycles. The lowest BCUT2D eigenvalue weighted by molar-refractivity contribution is -0.120. The Kier molecular flexibility index (Phi) is 6.78. The number of rotatable bonds is 8. The summed E-state index contributed by atoms with van der Waals surface area (Å²) in [6.45, 7) is 0.0389. The molecule has 0 fully saturated rings. The Morgan fingerprint density at radius 1 is 0.966 bits per heavy atom. The molecular weight excluding hydrogens is 373 g/mol. The maximum absolute atomic E-state index is 12.9. The second kappa shape index (κ2) is 9.89. The summed E-state index contributed by atoms with van der Waals surface area (Å²) in [4.78, 5) is 16.9. The first-order valence-electron chi connectivity index (χ1n) is 8.89. The Morgan fingerprint density at radius 2 is 1.66 bits per heavy atom. The van der Waals surface area contributed by atoms with Crippen molar-refractivity contribution in [2.45, 2.75) is 6.61 Å². The van der Waals surface area contributed by atoms with E-state index in [2.05, 4.69) is 10.5 Å². The zero-order chi connectivity index (χ0) is 20.5. The first kappa shape index (κ1) is 19.9. The summed E-state index contributed by atoms with van der Waals surface area (Å²) in [5.41, 5.74) is 8.02. The van der Waals surface area contributed by atoms with Gasteiger partial charge in [0.05, 0.1) is 5.56 Å². The highest BCUT2D eigenvalue weighted by atomic mass is 19.1. The molecule has 3 aromatic rings. The minimum absolute atomic E-state index is 0.0863. The number of para-hydroxylation sites is 1. The van der Waals surface area contributed by atoms with Crippen LogP contribution < -0.4 is 15.8 Å². The van der Waals surface area contributed by atoms with Crippen molar-refractivity contribution >= 4 is 17.4 Å². The van der Waals surface area contributed by atoms with Crippen LogP contribution in [0.2, 0.25) is 0 Å². The molecule has 3 aromatic carbocycles. The molecule has 148 valence electrons. The van der Waals surface area contributed by atoms with E-state index in [0.29, 0.717) is 23.6 Å². The molecule has 0 heterocycles. The molecule has 0 aliphatic carbocycles. The van der Waals surface area contributed by atoms with E-state index >= 15 is 0 Å². The van der Waals surface area contributed by atoms with Crippen molar-refractivity contribution in [1.29, 1.82) is 0 Å². The molecule has 0 unspecified atom stereocenters. The average molecular weight is 393 g/mol. The third-order valence-electron chi connectivity index (χ3n) is 3.89. The topological polar surface area (TPSA) is 85.9 Å². The highest BCUT2D eigenvalue weighted by Gasteiger charge is 2.09. The number of anilines is 1. The van der Waals surface area contributed by atoms with E-state index in [1.54, 1.807) is 18.2 Å². The zero-order valence-electron chi connectivity index (χ0n) is 15.5. The van der Waals surface area contributed by atoms with E-state index < -0.39 is 5.91 Å². The van der Waals surface area contributed by atoms with Crippen LogP contribution in [0.4, 0.5) is 10.1 Å². The third-order valence-corrected chi connectivity index (χ3v) is 3.89. The van der Waals surface area contributed by atoms with E-state index in [-0.39, 0.29) is 18.3 Å². The fourth-order valence-electron chi connectivity index (χ4n) is 2.48. The zero-order valence-corrected chi connectivity index (χ0v) is 15.5. The summed E-state index contributed by atoms with van der Waals surface area (Å²) >= 11 is 0. The molecule has 6 nitrogen and oxygen atoms in total. The van der Waals surface area contributed by atoms with Gasteiger partial charge in [0.1, 0.15) is 18.2 Å². The van der Waals surface area contributed by atoms with Crippen LogP contribution in [0.3, 0.4) is 0 Å². The quantitative estimate of drug-likeness (QED) is 0.347. The molecular formula is C22H20FN3O3. The van der Waals surface area contributed by atoms with Crippen molar-refractivity contribution < 1.29 is 18.8 Å². The number of benzene rings is 3. The van der Waals surface area contributed by atoms with E-state index in [4.69, 9.17) is 15.3 Å². The maximum Gasteiger partial charge on any atom is 0.265 e. The number of hydrogen-bond acceptors (Lipinski definition) is 4. The number of hydrogen-bond donors (Lipinski definition) is 2. The van der Waals surface area contributed by atoms with Gasteiger partial charge in [-0.25, -0.2) is 4.39 Å². The Morgan fingerprint density at radius 3 is 2.41 bits per heavy atom. The number of nitrogens with two attached hydrogens (primary N) is 1. The number of carbonyl (C=O) groups is 1. The lowest BCUT2D eigenvalue weighted by atomic mass is 10.2. The highest BCUT2D eigenvalue weighted by molar-refractivity contribution is 5.99. The predicted molar refractivity (Wildman–Crippen MR) is 109 cm³/mol. The predicted octanol–water partition coefficient (Wildman–Crippen LogP) is 3.68. The van der Waals surface area contributed by atoms with Crippen LogP contribution in [0.1, 0.15) is 11.1 Å². The molecule has 0 atom stereocenters. The van der Waals surface area contributed by atoms with Gasteiger partial charge in [0.2, 0.25) is 0 Å². The number of nitrogens with zero attached hydrogens (tertiary/aromatic N) is 1. The highest BCUT2D eigenvalue weighted by Crippen LogP contribution is 2.19. The van der Waals surface area contributed by atoms with Crippen molar-refractivity contribution in [3.63, 3.8) is 0 Å². The maximum atomic E-state index is 12.9. The Labute approximate surface area is 167 Å². The second-order valence-electron chi connectivity index (χ2n) is 6.08. The summed E-state index contributed by atoms with van der Waals surface area (Å²) < 4.78 is 18.7. The first-order valence-corrected chi connectivity index (χ1v) is 8.89. The minimum atomic E-state index is -0.443. The number of amidine groups is 1. The number of halogens is 1. The van der Waals surface area contributed by atoms with Gasteiger partial charge in [-0.2, -0.15) is 0 Å². The van der Waals surface area contributed by atoms with Crippen molar-refractivity contribution in [2.24, 2.45) is 10.9 Å². The fourth-order valence-corrected chi connectivity index (χ4v) is 2.48. The summed E-state index contributed by atoms with van der Waals surface area (Å²) in [5, 5.41) is 6.37. The standard InChI is InChI=1S/C22H20FN3O3/c23-17-10-12-18(13-11-17)25-21(27)15-29-26-22(24)19-8-4-5-9-20(19)28-14-16-6-2-1-3-7-16/h1-13H,14-15H2,(H2,24,26)(H,25,27). The number of carbonyl (C=O) groups excluding carboxylic acids is 1. The van der Waals surface area contributed by atoms with Gasteiger partial charge in [0, 0.05) is 5.69 Å². The number of nitrogens with one attached hydrogen (secondary N) is 1. The number of oxime groups is 1. The molecule has 0 saturated carbocycles. The summed E-state index contributed by atoms with van der Waals surface area (Å²) in [7, 11) is 0. The molecule has 3 rings (SSSR count). The Hall–Kier alpha value is -3.87. The second-order valence-corrected chi connectivity index (χ2v) is 6.08. The van der Waals surface area contributed by atoms with Crippen LogP contribution in [-0.4, -0.2) is 18.3 Å². The van der Waals surface area contributed by atoms with Crippen molar-refractivity contribution in [1.82, 2.24) is 0 Å². The van der Waals surface area contributed by atoms with Gasteiger partial charge in [0.25, 0.3) is 5.91 Å². The molecule has 7 heteroatoms. The van der Waals surface area contributed by atoms with Crippen molar-refractivity contribution in [2.75, 3.05) is 11.9 Å².